The van der Waals surface area contributed by atoms with Gasteiger partial charge in [0.2, 0.25) is 0 Å². The monoisotopic (exact) mass is 277 g/mol. The molecule has 0 aliphatic heterocycles. The van der Waals surface area contributed by atoms with Gasteiger partial charge in [0, 0.05) is 7.05 Å². The molecule has 1 aromatic rings. The molecule has 0 aromatic carbocycles. The molecule has 0 bridgehead atoms. The molecule has 14 heavy (non-hydrogen) atoms. The lowest BCUT2D eigenvalue weighted by molar-refractivity contribution is 0.0687. The van der Waals surface area contributed by atoms with Crippen LogP contribution in [0.2, 0.25) is 0 Å². The minimum atomic E-state index is -0.150. The normalized spacial score (nSPS) is 12.6. The predicted molar refractivity (Wildman–Crippen MR) is 60.7 cm³/mol. The van der Waals surface area contributed by atoms with E-state index in [1.807, 2.05) is 6.07 Å². The SMILES string of the molecule is CC(CO)N(C)C(=O)c1ccc(Br)s1. The van der Waals surface area contributed by atoms with Crippen LogP contribution >= 0.6 is 27.3 Å². The molecular formula is C9H12BrNO2S. The molecule has 0 spiro atoms. The Morgan fingerprint density at radius 1 is 1.71 bits per heavy atom. The van der Waals surface area contributed by atoms with E-state index in [0.717, 1.165) is 3.79 Å². The van der Waals surface area contributed by atoms with Gasteiger partial charge in [0.05, 0.1) is 21.3 Å². The van der Waals surface area contributed by atoms with Crippen LogP contribution in [0.4, 0.5) is 0 Å². The minimum absolute atomic E-state index is 0.0191. The van der Waals surface area contributed by atoms with Crippen molar-refractivity contribution in [1.82, 2.24) is 4.90 Å². The van der Waals surface area contributed by atoms with Gasteiger partial charge in [-0.3, -0.25) is 4.79 Å². The Hall–Kier alpha value is -0.390. The highest BCUT2D eigenvalue weighted by Crippen LogP contribution is 2.23. The van der Waals surface area contributed by atoms with Crippen molar-refractivity contribution in [3.63, 3.8) is 0 Å². The van der Waals surface area contributed by atoms with Gasteiger partial charge < -0.3 is 10.0 Å². The van der Waals surface area contributed by atoms with Crippen LogP contribution in [0.1, 0.15) is 16.6 Å². The Bertz CT molecular complexity index is 326. The first-order valence-corrected chi connectivity index (χ1v) is 5.80. The van der Waals surface area contributed by atoms with E-state index in [1.165, 1.54) is 16.2 Å². The number of hydrogen-bond acceptors (Lipinski definition) is 3. The van der Waals surface area contributed by atoms with Crippen LogP contribution in [0, 0.1) is 0 Å². The van der Waals surface area contributed by atoms with Crippen LogP contribution in [0.3, 0.4) is 0 Å². The Kier molecular flexibility index (Phi) is 4.10. The number of aliphatic hydroxyl groups excluding tert-OH is 1. The number of hydrogen-bond donors (Lipinski definition) is 1. The molecule has 0 fully saturated rings. The van der Waals surface area contributed by atoms with E-state index in [1.54, 1.807) is 20.0 Å². The number of carbonyl (C=O) groups is 1. The van der Waals surface area contributed by atoms with Crippen molar-refractivity contribution in [2.75, 3.05) is 13.7 Å². The highest BCUT2D eigenvalue weighted by Gasteiger charge is 2.17. The fraction of sp³-hybridized carbons (Fsp3) is 0.444. The molecule has 0 saturated carbocycles. The fourth-order valence-corrected chi connectivity index (χ4v) is 2.29. The van der Waals surface area contributed by atoms with Crippen LogP contribution in [0.25, 0.3) is 0 Å². The largest absolute Gasteiger partial charge is 0.394 e. The van der Waals surface area contributed by atoms with Gasteiger partial charge in [0.15, 0.2) is 0 Å². The quantitative estimate of drug-likeness (QED) is 0.918. The van der Waals surface area contributed by atoms with Crippen LogP contribution in [-0.4, -0.2) is 35.6 Å². The number of amides is 1. The molecular weight excluding hydrogens is 266 g/mol. The number of likely N-dealkylation sites (N-methyl/N-ethyl adjacent to an activating group) is 1. The zero-order chi connectivity index (χ0) is 10.7. The lowest BCUT2D eigenvalue weighted by Crippen LogP contribution is -2.36. The van der Waals surface area contributed by atoms with Gasteiger partial charge in [0.25, 0.3) is 5.91 Å². The minimum Gasteiger partial charge on any atom is -0.394 e. The number of thiophene rings is 1. The van der Waals surface area contributed by atoms with Crippen molar-refractivity contribution >= 4 is 33.2 Å². The van der Waals surface area contributed by atoms with Gasteiger partial charge >= 0.3 is 0 Å². The third-order valence-corrected chi connectivity index (χ3v) is 3.64. The summed E-state index contributed by atoms with van der Waals surface area (Å²) in [4.78, 5) is 14.0. The molecule has 1 atom stereocenters. The molecule has 1 amide bonds. The molecule has 0 saturated heterocycles. The highest BCUT2D eigenvalue weighted by atomic mass is 79.9. The summed E-state index contributed by atoms with van der Waals surface area (Å²) in [6.07, 6.45) is 0. The maximum atomic E-state index is 11.8. The van der Waals surface area contributed by atoms with Gasteiger partial charge in [-0.2, -0.15) is 0 Å². The Labute approximate surface area is 95.5 Å². The van der Waals surface area contributed by atoms with Crippen molar-refractivity contribution in [3.05, 3.63) is 20.8 Å². The molecule has 0 aliphatic carbocycles. The van der Waals surface area contributed by atoms with Crippen LogP contribution in [0.5, 0.6) is 0 Å². The molecule has 5 heteroatoms. The number of aliphatic hydroxyl groups is 1. The Morgan fingerprint density at radius 2 is 2.36 bits per heavy atom. The summed E-state index contributed by atoms with van der Waals surface area (Å²) >= 11 is 4.70. The average molecular weight is 278 g/mol. The second-order valence-corrected chi connectivity index (χ2v) is 5.51. The first kappa shape index (κ1) is 11.7. The predicted octanol–water partition coefficient (Wildman–Crippen LogP) is 1.96. The third kappa shape index (κ3) is 2.56. The lowest BCUT2D eigenvalue weighted by atomic mass is 10.3. The van der Waals surface area contributed by atoms with Gasteiger partial charge in [-0.25, -0.2) is 0 Å². The summed E-state index contributed by atoms with van der Waals surface area (Å²) in [5.41, 5.74) is 0. The van der Waals surface area contributed by atoms with E-state index in [2.05, 4.69) is 15.9 Å². The molecule has 1 heterocycles. The Balaban J connectivity index is 2.75. The van der Waals surface area contributed by atoms with Crippen molar-refractivity contribution in [1.29, 1.82) is 0 Å². The van der Waals surface area contributed by atoms with E-state index in [4.69, 9.17) is 5.11 Å². The maximum absolute atomic E-state index is 11.8. The van der Waals surface area contributed by atoms with Gasteiger partial charge in [-0.05, 0) is 35.0 Å². The second-order valence-electron chi connectivity index (χ2n) is 3.05. The number of halogens is 1. The lowest BCUT2D eigenvalue weighted by Gasteiger charge is -2.22. The molecule has 1 unspecified atom stereocenters. The molecule has 1 N–H and O–H groups in total. The topological polar surface area (TPSA) is 40.5 Å². The molecule has 0 radical (unpaired) electrons. The molecule has 78 valence electrons. The van der Waals surface area contributed by atoms with E-state index in [-0.39, 0.29) is 18.6 Å². The van der Waals surface area contributed by atoms with Crippen LogP contribution in [0.15, 0.2) is 15.9 Å². The molecule has 1 aromatic heterocycles. The molecule has 0 aliphatic rings. The zero-order valence-corrected chi connectivity index (χ0v) is 10.4. The van der Waals surface area contributed by atoms with E-state index in [0.29, 0.717) is 4.88 Å². The van der Waals surface area contributed by atoms with Gasteiger partial charge in [-0.1, -0.05) is 0 Å². The van der Waals surface area contributed by atoms with Gasteiger partial charge in [-0.15, -0.1) is 11.3 Å². The van der Waals surface area contributed by atoms with E-state index in [9.17, 15) is 4.79 Å². The van der Waals surface area contributed by atoms with Crippen molar-refractivity contribution in [2.45, 2.75) is 13.0 Å². The first-order valence-electron chi connectivity index (χ1n) is 4.19. The summed E-state index contributed by atoms with van der Waals surface area (Å²) in [6, 6.07) is 3.47. The number of rotatable bonds is 3. The smallest absolute Gasteiger partial charge is 0.264 e. The second kappa shape index (κ2) is 4.91. The summed E-state index contributed by atoms with van der Waals surface area (Å²) < 4.78 is 0.936. The van der Waals surface area contributed by atoms with Gasteiger partial charge in [0.1, 0.15) is 0 Å². The Morgan fingerprint density at radius 3 is 2.79 bits per heavy atom. The first-order chi connectivity index (χ1) is 6.56. The third-order valence-electron chi connectivity index (χ3n) is 2.03. The van der Waals surface area contributed by atoms with Crippen LogP contribution in [-0.2, 0) is 0 Å². The zero-order valence-electron chi connectivity index (χ0n) is 8.03. The standard InChI is InChI=1S/C9H12BrNO2S/c1-6(5-12)11(2)9(13)7-3-4-8(10)14-7/h3-4,6,12H,5H2,1-2H3. The van der Waals surface area contributed by atoms with Crippen molar-refractivity contribution < 1.29 is 9.90 Å². The number of carbonyl (C=O) groups excluding carboxylic acids is 1. The van der Waals surface area contributed by atoms with Crippen molar-refractivity contribution in [2.24, 2.45) is 0 Å². The number of nitrogens with zero attached hydrogens (tertiary/aromatic N) is 1. The molecule has 1 rings (SSSR count). The van der Waals surface area contributed by atoms with E-state index >= 15 is 0 Å². The molecule has 3 nitrogen and oxygen atoms in total. The highest BCUT2D eigenvalue weighted by molar-refractivity contribution is 9.11. The van der Waals surface area contributed by atoms with Crippen LogP contribution < -0.4 is 0 Å². The average Bonchev–Trinajstić information content (AvgIpc) is 2.61. The fourth-order valence-electron chi connectivity index (χ4n) is 0.926. The van der Waals surface area contributed by atoms with Crippen molar-refractivity contribution in [3.8, 4) is 0 Å². The summed E-state index contributed by atoms with van der Waals surface area (Å²) in [7, 11) is 1.69. The summed E-state index contributed by atoms with van der Waals surface area (Å²) in [5.74, 6) is -0.0535. The van der Waals surface area contributed by atoms with E-state index < -0.39 is 0 Å². The summed E-state index contributed by atoms with van der Waals surface area (Å²) in [5, 5.41) is 8.91. The summed E-state index contributed by atoms with van der Waals surface area (Å²) in [6.45, 7) is 1.79. The maximum Gasteiger partial charge on any atom is 0.264 e.